The molecular formula is C27H22FN3O4S. The van der Waals surface area contributed by atoms with Crippen molar-refractivity contribution in [3.8, 4) is 11.3 Å². The number of anilines is 1. The molecule has 0 amide bonds. The number of halogens is 1. The highest BCUT2D eigenvalue weighted by Crippen LogP contribution is 2.35. The quantitative estimate of drug-likeness (QED) is 0.322. The Morgan fingerprint density at radius 3 is 2.39 bits per heavy atom. The minimum absolute atomic E-state index is 0.109. The number of nitrogens with zero attached hydrogens (tertiary/aromatic N) is 2. The third kappa shape index (κ3) is 3.87. The van der Waals surface area contributed by atoms with Gasteiger partial charge in [-0.25, -0.2) is 22.6 Å². The number of aryl methyl sites for hydroxylation is 1. The number of nitrogens with one attached hydrogen (secondary N) is 1. The molecule has 0 saturated carbocycles. The van der Waals surface area contributed by atoms with E-state index < -0.39 is 16.0 Å². The van der Waals surface area contributed by atoms with Crippen LogP contribution in [-0.4, -0.2) is 38.5 Å². The highest BCUT2D eigenvalue weighted by molar-refractivity contribution is 7.92. The fraction of sp³-hybridized carbons (Fsp3) is 0.111. The van der Waals surface area contributed by atoms with Gasteiger partial charge in [-0.05, 0) is 55.0 Å². The smallest absolute Gasteiger partial charge is 0.356 e. The summed E-state index contributed by atoms with van der Waals surface area (Å²) in [6, 6.07) is 19.4. The van der Waals surface area contributed by atoms with Gasteiger partial charge in [0.1, 0.15) is 11.5 Å². The maximum atomic E-state index is 14.1. The molecule has 0 aliphatic heterocycles. The SMILES string of the molecule is COC(=O)c1cc2c([nH]c3cc(F)cc(C)c32)c(-c2ccc(N(C)S(=O)(=O)c3ccccc3)cc2)n1. The molecule has 0 radical (unpaired) electrons. The summed E-state index contributed by atoms with van der Waals surface area (Å²) >= 11 is 0. The number of sulfonamides is 1. The molecule has 0 spiro atoms. The molecule has 36 heavy (non-hydrogen) atoms. The van der Waals surface area contributed by atoms with Crippen LogP contribution in [0.5, 0.6) is 0 Å². The molecule has 5 rings (SSSR count). The number of pyridine rings is 1. The average molecular weight is 504 g/mol. The van der Waals surface area contributed by atoms with Crippen LogP contribution >= 0.6 is 0 Å². The van der Waals surface area contributed by atoms with Crippen molar-refractivity contribution in [2.75, 3.05) is 18.5 Å². The Kier molecular flexibility index (Phi) is 5.72. The Labute approximate surface area is 207 Å². The molecule has 5 aromatic rings. The van der Waals surface area contributed by atoms with Gasteiger partial charge in [0.15, 0.2) is 0 Å². The standard InChI is InChI=1S/C27H22FN3O4S/c1-16-13-18(28)14-22-24(16)21-15-23(27(32)35-3)30-25(26(21)29-22)17-9-11-19(12-10-17)31(2)36(33,34)20-7-5-4-6-8-20/h4-15,29H,1-3H3. The van der Waals surface area contributed by atoms with Crippen molar-refractivity contribution in [3.05, 3.63) is 89.9 Å². The van der Waals surface area contributed by atoms with E-state index >= 15 is 0 Å². The number of aromatic nitrogens is 2. The summed E-state index contributed by atoms with van der Waals surface area (Å²) in [6.45, 7) is 1.80. The van der Waals surface area contributed by atoms with E-state index in [-0.39, 0.29) is 16.4 Å². The van der Waals surface area contributed by atoms with Crippen LogP contribution in [0, 0.1) is 12.7 Å². The highest BCUT2D eigenvalue weighted by Gasteiger charge is 2.22. The van der Waals surface area contributed by atoms with E-state index in [4.69, 9.17) is 4.74 Å². The molecule has 0 unspecified atom stereocenters. The first-order valence-corrected chi connectivity index (χ1v) is 12.5. The molecule has 1 N–H and O–H groups in total. The monoisotopic (exact) mass is 503 g/mol. The maximum absolute atomic E-state index is 14.1. The third-order valence-corrected chi connectivity index (χ3v) is 7.95. The lowest BCUT2D eigenvalue weighted by atomic mass is 10.0. The first-order valence-electron chi connectivity index (χ1n) is 11.1. The third-order valence-electron chi connectivity index (χ3n) is 6.15. The molecule has 9 heteroatoms. The number of aromatic amines is 1. The molecule has 0 saturated heterocycles. The van der Waals surface area contributed by atoms with Gasteiger partial charge in [0.2, 0.25) is 0 Å². The zero-order chi connectivity index (χ0) is 25.6. The summed E-state index contributed by atoms with van der Waals surface area (Å²) in [5.74, 6) is -0.973. The Morgan fingerprint density at radius 1 is 1.03 bits per heavy atom. The topological polar surface area (TPSA) is 92.4 Å². The number of rotatable bonds is 5. The number of hydrogen-bond acceptors (Lipinski definition) is 5. The predicted octanol–water partition coefficient (Wildman–Crippen LogP) is 5.44. The van der Waals surface area contributed by atoms with Gasteiger partial charge in [-0.1, -0.05) is 30.3 Å². The van der Waals surface area contributed by atoms with Gasteiger partial charge in [0.05, 0.1) is 28.9 Å². The zero-order valence-corrected chi connectivity index (χ0v) is 20.6. The summed E-state index contributed by atoms with van der Waals surface area (Å²) in [4.78, 5) is 20.3. The van der Waals surface area contributed by atoms with E-state index in [1.54, 1.807) is 67.6 Å². The lowest BCUT2D eigenvalue weighted by Crippen LogP contribution is -2.26. The molecular weight excluding hydrogens is 481 g/mol. The molecule has 0 aliphatic carbocycles. The fourth-order valence-electron chi connectivity index (χ4n) is 4.34. The molecule has 0 fully saturated rings. The zero-order valence-electron chi connectivity index (χ0n) is 19.7. The first kappa shape index (κ1) is 23.5. The van der Waals surface area contributed by atoms with Crippen LogP contribution in [0.1, 0.15) is 16.1 Å². The van der Waals surface area contributed by atoms with Gasteiger partial charge < -0.3 is 9.72 Å². The van der Waals surface area contributed by atoms with E-state index in [1.165, 1.54) is 30.6 Å². The minimum Gasteiger partial charge on any atom is -0.464 e. The van der Waals surface area contributed by atoms with Crippen molar-refractivity contribution in [2.45, 2.75) is 11.8 Å². The second kappa shape index (κ2) is 8.76. The van der Waals surface area contributed by atoms with E-state index in [2.05, 4.69) is 9.97 Å². The van der Waals surface area contributed by atoms with Crippen LogP contribution in [-0.2, 0) is 14.8 Å². The number of ether oxygens (including phenoxy) is 1. The number of methoxy groups -OCH3 is 1. The van der Waals surface area contributed by atoms with Gasteiger partial charge in [0.25, 0.3) is 10.0 Å². The molecule has 7 nitrogen and oxygen atoms in total. The normalized spacial score (nSPS) is 11.7. The summed E-state index contributed by atoms with van der Waals surface area (Å²) in [5, 5.41) is 1.49. The van der Waals surface area contributed by atoms with Crippen LogP contribution in [0.3, 0.4) is 0 Å². The lowest BCUT2D eigenvalue weighted by Gasteiger charge is -2.20. The van der Waals surface area contributed by atoms with E-state index in [0.717, 1.165) is 5.39 Å². The second-order valence-electron chi connectivity index (χ2n) is 8.37. The fourth-order valence-corrected chi connectivity index (χ4v) is 5.56. The predicted molar refractivity (Wildman–Crippen MR) is 137 cm³/mol. The molecule has 0 bridgehead atoms. The molecule has 3 aromatic carbocycles. The number of hydrogen-bond donors (Lipinski definition) is 1. The van der Waals surface area contributed by atoms with Gasteiger partial charge in [-0.3, -0.25) is 4.31 Å². The van der Waals surface area contributed by atoms with Crippen molar-refractivity contribution in [3.63, 3.8) is 0 Å². The largest absolute Gasteiger partial charge is 0.464 e. The van der Waals surface area contributed by atoms with E-state index in [9.17, 15) is 17.6 Å². The van der Waals surface area contributed by atoms with Crippen molar-refractivity contribution in [1.82, 2.24) is 9.97 Å². The summed E-state index contributed by atoms with van der Waals surface area (Å²) in [5.41, 5.74) is 3.60. The van der Waals surface area contributed by atoms with Crippen molar-refractivity contribution >= 4 is 43.5 Å². The Morgan fingerprint density at radius 2 is 1.72 bits per heavy atom. The Hall–Kier alpha value is -4.24. The van der Waals surface area contributed by atoms with Crippen molar-refractivity contribution < 1.29 is 22.3 Å². The van der Waals surface area contributed by atoms with Crippen molar-refractivity contribution in [2.24, 2.45) is 0 Å². The Bertz CT molecular complexity index is 1730. The number of carbonyl (C=O) groups excluding carboxylic acids is 1. The summed E-state index contributed by atoms with van der Waals surface area (Å²) in [7, 11) is -0.971. The van der Waals surface area contributed by atoms with Gasteiger partial charge in [-0.15, -0.1) is 0 Å². The number of fused-ring (bicyclic) bond motifs is 3. The van der Waals surface area contributed by atoms with Gasteiger partial charge in [-0.2, -0.15) is 0 Å². The maximum Gasteiger partial charge on any atom is 0.356 e. The summed E-state index contributed by atoms with van der Waals surface area (Å²) in [6.07, 6.45) is 0. The van der Waals surface area contributed by atoms with E-state index in [0.29, 0.717) is 38.9 Å². The minimum atomic E-state index is -3.74. The number of H-pyrrole nitrogens is 1. The van der Waals surface area contributed by atoms with Crippen LogP contribution in [0.4, 0.5) is 10.1 Å². The highest BCUT2D eigenvalue weighted by atomic mass is 32.2. The first-order chi connectivity index (χ1) is 17.2. The molecule has 0 atom stereocenters. The van der Waals surface area contributed by atoms with E-state index in [1.807, 2.05) is 0 Å². The van der Waals surface area contributed by atoms with Crippen LogP contribution in [0.25, 0.3) is 33.1 Å². The number of esters is 1. The second-order valence-corrected chi connectivity index (χ2v) is 10.3. The Balaban J connectivity index is 1.65. The molecule has 2 heterocycles. The number of carbonyl (C=O) groups is 1. The molecule has 2 aromatic heterocycles. The van der Waals surface area contributed by atoms with Gasteiger partial charge in [0, 0.05) is 28.9 Å². The van der Waals surface area contributed by atoms with Crippen LogP contribution in [0.15, 0.2) is 77.7 Å². The van der Waals surface area contributed by atoms with Crippen LogP contribution < -0.4 is 4.31 Å². The van der Waals surface area contributed by atoms with Gasteiger partial charge >= 0.3 is 5.97 Å². The van der Waals surface area contributed by atoms with Crippen LogP contribution in [0.2, 0.25) is 0 Å². The molecule has 0 aliphatic rings. The average Bonchev–Trinajstić information content (AvgIpc) is 3.26. The molecule has 182 valence electrons. The number of benzene rings is 3. The van der Waals surface area contributed by atoms with Crippen molar-refractivity contribution in [1.29, 1.82) is 0 Å². The lowest BCUT2D eigenvalue weighted by molar-refractivity contribution is 0.0594. The summed E-state index contributed by atoms with van der Waals surface area (Å²) < 4.78 is 46.2.